The summed E-state index contributed by atoms with van der Waals surface area (Å²) in [7, 11) is -3.15. The minimum atomic E-state index is -3.15. The molecule has 0 heterocycles. The molecule has 0 aromatic carbocycles. The van der Waals surface area contributed by atoms with Gasteiger partial charge in [0.2, 0.25) is 10.0 Å². The lowest BCUT2D eigenvalue weighted by Crippen LogP contribution is -2.42. The van der Waals surface area contributed by atoms with Crippen molar-refractivity contribution in [2.24, 2.45) is 0 Å². The normalized spacial score (nSPS) is 18.8. The van der Waals surface area contributed by atoms with Crippen molar-refractivity contribution in [1.82, 2.24) is 4.31 Å². The van der Waals surface area contributed by atoms with Crippen molar-refractivity contribution in [2.45, 2.75) is 57.2 Å². The quantitative estimate of drug-likeness (QED) is 0.773. The fourth-order valence-corrected chi connectivity index (χ4v) is 4.57. The number of rotatable bonds is 6. The number of aliphatic hydroxyl groups is 1. The van der Waals surface area contributed by atoms with Gasteiger partial charge in [-0.05, 0) is 33.1 Å². The van der Waals surface area contributed by atoms with Gasteiger partial charge >= 0.3 is 0 Å². The Bertz CT molecular complexity index is 294. The van der Waals surface area contributed by atoms with Gasteiger partial charge in [-0.15, -0.1) is 0 Å². The lowest BCUT2D eigenvalue weighted by Gasteiger charge is -2.28. The van der Waals surface area contributed by atoms with Crippen LogP contribution >= 0.6 is 0 Å². The Labute approximate surface area is 98.7 Å². The van der Waals surface area contributed by atoms with Gasteiger partial charge in [-0.1, -0.05) is 12.8 Å². The summed E-state index contributed by atoms with van der Waals surface area (Å²) in [5.41, 5.74) is 0. The topological polar surface area (TPSA) is 57.6 Å². The second kappa shape index (κ2) is 5.98. The van der Waals surface area contributed by atoms with Crippen LogP contribution in [0.4, 0.5) is 0 Å². The third kappa shape index (κ3) is 3.18. The van der Waals surface area contributed by atoms with E-state index in [0.717, 1.165) is 25.7 Å². The zero-order valence-electron chi connectivity index (χ0n) is 10.2. The Hall–Kier alpha value is -0.130. The van der Waals surface area contributed by atoms with Crippen LogP contribution in [-0.2, 0) is 10.0 Å². The van der Waals surface area contributed by atoms with E-state index in [1.54, 1.807) is 4.31 Å². The van der Waals surface area contributed by atoms with Crippen molar-refractivity contribution >= 4 is 10.0 Å². The molecule has 1 N–H and O–H groups in total. The molecule has 4 nitrogen and oxygen atoms in total. The highest BCUT2D eigenvalue weighted by Crippen LogP contribution is 2.28. The zero-order valence-corrected chi connectivity index (χ0v) is 11.0. The molecule has 0 spiro atoms. The summed E-state index contributed by atoms with van der Waals surface area (Å²) in [5, 5.41) is 8.62. The van der Waals surface area contributed by atoms with E-state index in [0.29, 0.717) is 13.0 Å². The van der Waals surface area contributed by atoms with Crippen LogP contribution in [0.5, 0.6) is 0 Å². The van der Waals surface area contributed by atoms with Crippen LogP contribution in [-0.4, -0.2) is 42.3 Å². The van der Waals surface area contributed by atoms with Gasteiger partial charge in [-0.3, -0.25) is 0 Å². The minimum absolute atomic E-state index is 0.0165. The second-order valence-corrected chi connectivity index (χ2v) is 6.90. The maximum atomic E-state index is 12.3. The Kier molecular flexibility index (Phi) is 5.21. The van der Waals surface area contributed by atoms with Gasteiger partial charge in [-0.2, -0.15) is 4.31 Å². The van der Waals surface area contributed by atoms with Gasteiger partial charge < -0.3 is 5.11 Å². The van der Waals surface area contributed by atoms with E-state index in [2.05, 4.69) is 0 Å². The van der Waals surface area contributed by atoms with Gasteiger partial charge in [0.05, 0.1) is 5.25 Å². The van der Waals surface area contributed by atoms with E-state index in [1.807, 2.05) is 13.8 Å². The SMILES string of the molecule is CC(C)N(CCCO)S(=O)(=O)C1CCCC1. The molecule has 0 atom stereocenters. The molecule has 0 radical (unpaired) electrons. The Morgan fingerprint density at radius 2 is 1.88 bits per heavy atom. The first-order valence-corrected chi connectivity index (χ1v) is 7.62. The molecule has 96 valence electrons. The molecule has 0 saturated heterocycles. The van der Waals surface area contributed by atoms with E-state index in [9.17, 15) is 8.42 Å². The number of aliphatic hydroxyl groups excluding tert-OH is 1. The smallest absolute Gasteiger partial charge is 0.217 e. The van der Waals surface area contributed by atoms with Crippen molar-refractivity contribution in [3.8, 4) is 0 Å². The number of hydrogen-bond donors (Lipinski definition) is 1. The summed E-state index contributed by atoms with van der Waals surface area (Å²) in [5.74, 6) is 0. The maximum absolute atomic E-state index is 12.3. The van der Waals surface area contributed by atoms with Crippen LogP contribution in [0.15, 0.2) is 0 Å². The summed E-state index contributed by atoms with van der Waals surface area (Å²) in [6.45, 7) is 4.27. The highest BCUT2D eigenvalue weighted by Gasteiger charge is 2.34. The predicted octanol–water partition coefficient (Wildman–Crippen LogP) is 1.35. The second-order valence-electron chi connectivity index (χ2n) is 4.73. The van der Waals surface area contributed by atoms with Crippen LogP contribution in [0.25, 0.3) is 0 Å². The van der Waals surface area contributed by atoms with E-state index in [4.69, 9.17) is 5.11 Å². The Morgan fingerprint density at radius 1 is 1.31 bits per heavy atom. The molecule has 1 aliphatic carbocycles. The summed E-state index contributed by atoms with van der Waals surface area (Å²) in [4.78, 5) is 0. The van der Waals surface area contributed by atoms with E-state index < -0.39 is 10.0 Å². The van der Waals surface area contributed by atoms with E-state index in [1.165, 1.54) is 0 Å². The third-order valence-electron chi connectivity index (χ3n) is 3.16. The minimum Gasteiger partial charge on any atom is -0.396 e. The molecule has 1 rings (SSSR count). The van der Waals surface area contributed by atoms with Crippen molar-refractivity contribution in [3.05, 3.63) is 0 Å². The summed E-state index contributed by atoms with van der Waals surface area (Å²) in [6, 6.07) is -0.0165. The van der Waals surface area contributed by atoms with Crippen LogP contribution in [0.3, 0.4) is 0 Å². The molecule has 0 aromatic heterocycles. The molecule has 0 bridgehead atoms. The Balaban J connectivity index is 2.74. The van der Waals surface area contributed by atoms with Crippen LogP contribution in [0.1, 0.15) is 46.0 Å². The monoisotopic (exact) mass is 249 g/mol. The molecule has 16 heavy (non-hydrogen) atoms. The molecule has 5 heteroatoms. The molecular weight excluding hydrogens is 226 g/mol. The molecule has 0 aliphatic heterocycles. The molecule has 1 saturated carbocycles. The number of hydrogen-bond acceptors (Lipinski definition) is 3. The van der Waals surface area contributed by atoms with Gasteiger partial charge in [0.25, 0.3) is 0 Å². The van der Waals surface area contributed by atoms with E-state index in [-0.39, 0.29) is 17.9 Å². The lowest BCUT2D eigenvalue weighted by molar-refractivity contribution is 0.257. The molecule has 1 fully saturated rings. The van der Waals surface area contributed by atoms with Gasteiger partial charge in [0.1, 0.15) is 0 Å². The largest absolute Gasteiger partial charge is 0.396 e. The standard InChI is InChI=1S/C11H23NO3S/c1-10(2)12(8-5-9-13)16(14,15)11-6-3-4-7-11/h10-11,13H,3-9H2,1-2H3. The number of sulfonamides is 1. The maximum Gasteiger partial charge on any atom is 0.217 e. The van der Waals surface area contributed by atoms with Crippen LogP contribution < -0.4 is 0 Å². The number of nitrogens with zero attached hydrogens (tertiary/aromatic N) is 1. The van der Waals surface area contributed by atoms with Crippen LogP contribution in [0.2, 0.25) is 0 Å². The molecule has 0 aromatic rings. The van der Waals surface area contributed by atoms with Gasteiger partial charge in [-0.25, -0.2) is 8.42 Å². The first-order chi connectivity index (χ1) is 7.50. The van der Waals surface area contributed by atoms with Gasteiger partial charge in [0, 0.05) is 19.2 Å². The van der Waals surface area contributed by atoms with E-state index >= 15 is 0 Å². The van der Waals surface area contributed by atoms with Crippen molar-refractivity contribution < 1.29 is 13.5 Å². The summed E-state index contributed by atoms with van der Waals surface area (Å²) in [6.07, 6.45) is 4.16. The third-order valence-corrected chi connectivity index (χ3v) is 5.73. The fraction of sp³-hybridized carbons (Fsp3) is 1.00. The molecule has 0 unspecified atom stereocenters. The Morgan fingerprint density at radius 3 is 2.31 bits per heavy atom. The summed E-state index contributed by atoms with van der Waals surface area (Å²) >= 11 is 0. The summed E-state index contributed by atoms with van der Waals surface area (Å²) < 4.78 is 26.2. The zero-order chi connectivity index (χ0) is 12.2. The molecule has 1 aliphatic rings. The van der Waals surface area contributed by atoms with Gasteiger partial charge in [0.15, 0.2) is 0 Å². The highest BCUT2D eigenvalue weighted by molar-refractivity contribution is 7.89. The predicted molar refractivity (Wildman–Crippen MR) is 64.7 cm³/mol. The van der Waals surface area contributed by atoms with Crippen molar-refractivity contribution in [3.63, 3.8) is 0 Å². The van der Waals surface area contributed by atoms with Crippen LogP contribution in [0, 0.1) is 0 Å². The fourth-order valence-electron chi connectivity index (χ4n) is 2.28. The highest BCUT2D eigenvalue weighted by atomic mass is 32.2. The lowest BCUT2D eigenvalue weighted by atomic mass is 10.3. The average molecular weight is 249 g/mol. The van der Waals surface area contributed by atoms with Crippen molar-refractivity contribution in [2.75, 3.05) is 13.2 Å². The first kappa shape index (κ1) is 13.9. The molecule has 0 amide bonds. The van der Waals surface area contributed by atoms with Crippen molar-refractivity contribution in [1.29, 1.82) is 0 Å². The first-order valence-electron chi connectivity index (χ1n) is 6.11. The average Bonchev–Trinajstić information content (AvgIpc) is 2.70. The molecular formula is C11H23NO3S.